The number of nitrogens with zero attached hydrogens (tertiary/aromatic N) is 1. The number of sulfonamides is 1. The fraction of sp³-hybridized carbons (Fsp3) is 0.231. The largest absolute Gasteiger partial charge is 0.390 e. The van der Waals surface area contributed by atoms with Crippen molar-refractivity contribution in [2.24, 2.45) is 0 Å². The Bertz CT molecular complexity index is 697. The molecule has 0 amide bonds. The fourth-order valence-corrected chi connectivity index (χ4v) is 3.21. The van der Waals surface area contributed by atoms with E-state index in [0.717, 1.165) is 5.56 Å². The summed E-state index contributed by atoms with van der Waals surface area (Å²) in [5.41, 5.74) is 1.27. The topological polar surface area (TPSA) is 73.4 Å². The van der Waals surface area contributed by atoms with E-state index in [0.29, 0.717) is 10.7 Å². The Morgan fingerprint density at radius 1 is 1.35 bits per heavy atom. The SMILES string of the molecule is CN(Cc1cccc(Cl)c1)S(=O)(=O)c1c[nH]c(CO)c1. The lowest BCUT2D eigenvalue weighted by atomic mass is 10.2. The van der Waals surface area contributed by atoms with Crippen LogP contribution in [0.1, 0.15) is 11.3 Å². The average Bonchev–Trinajstić information content (AvgIpc) is 2.88. The molecule has 0 saturated heterocycles. The van der Waals surface area contributed by atoms with Gasteiger partial charge in [-0.25, -0.2) is 8.42 Å². The van der Waals surface area contributed by atoms with Gasteiger partial charge in [-0.15, -0.1) is 0 Å². The number of aromatic nitrogens is 1. The highest BCUT2D eigenvalue weighted by Gasteiger charge is 2.22. The first kappa shape index (κ1) is 15.1. The van der Waals surface area contributed by atoms with Crippen LogP contribution in [-0.2, 0) is 23.2 Å². The van der Waals surface area contributed by atoms with Crippen molar-refractivity contribution >= 4 is 21.6 Å². The lowest BCUT2D eigenvalue weighted by molar-refractivity contribution is 0.277. The molecule has 20 heavy (non-hydrogen) atoms. The van der Waals surface area contributed by atoms with Crippen molar-refractivity contribution in [2.75, 3.05) is 7.05 Å². The van der Waals surface area contributed by atoms with Gasteiger partial charge in [0.05, 0.1) is 11.5 Å². The third-order valence-electron chi connectivity index (χ3n) is 2.89. The first-order valence-corrected chi connectivity index (χ1v) is 7.74. The molecule has 0 bridgehead atoms. The van der Waals surface area contributed by atoms with Gasteiger partial charge in [-0.2, -0.15) is 4.31 Å². The van der Waals surface area contributed by atoms with Gasteiger partial charge < -0.3 is 10.1 Å². The van der Waals surface area contributed by atoms with E-state index in [1.807, 2.05) is 6.07 Å². The molecular formula is C13H15ClN2O3S. The van der Waals surface area contributed by atoms with Crippen molar-refractivity contribution in [1.29, 1.82) is 0 Å². The van der Waals surface area contributed by atoms with Crippen molar-refractivity contribution < 1.29 is 13.5 Å². The Labute approximate surface area is 122 Å². The Balaban J connectivity index is 2.21. The number of rotatable bonds is 5. The van der Waals surface area contributed by atoms with Crippen LogP contribution in [0.15, 0.2) is 41.4 Å². The number of benzene rings is 1. The monoisotopic (exact) mass is 314 g/mol. The lowest BCUT2D eigenvalue weighted by Gasteiger charge is -2.16. The van der Waals surface area contributed by atoms with Crippen LogP contribution < -0.4 is 0 Å². The van der Waals surface area contributed by atoms with Gasteiger partial charge >= 0.3 is 0 Å². The number of H-pyrrole nitrogens is 1. The quantitative estimate of drug-likeness (QED) is 0.886. The van der Waals surface area contributed by atoms with Crippen LogP contribution in [0.2, 0.25) is 5.02 Å². The number of hydrogen-bond acceptors (Lipinski definition) is 3. The van der Waals surface area contributed by atoms with Gasteiger partial charge in [0, 0.05) is 30.5 Å². The average molecular weight is 315 g/mol. The van der Waals surface area contributed by atoms with Gasteiger partial charge in [-0.1, -0.05) is 23.7 Å². The third kappa shape index (κ3) is 3.21. The maximum absolute atomic E-state index is 12.3. The molecule has 0 aliphatic heterocycles. The summed E-state index contributed by atoms with van der Waals surface area (Å²) in [6.45, 7) is -0.00391. The highest BCUT2D eigenvalue weighted by atomic mass is 35.5. The van der Waals surface area contributed by atoms with Crippen molar-refractivity contribution in [2.45, 2.75) is 18.0 Å². The molecule has 0 fully saturated rings. The third-order valence-corrected chi connectivity index (χ3v) is 4.91. The van der Waals surface area contributed by atoms with E-state index in [1.54, 1.807) is 18.2 Å². The van der Waals surface area contributed by atoms with Crippen LogP contribution in [0.25, 0.3) is 0 Å². The summed E-state index contributed by atoms with van der Waals surface area (Å²) in [6.07, 6.45) is 1.37. The van der Waals surface area contributed by atoms with E-state index in [1.165, 1.54) is 23.6 Å². The second kappa shape index (κ2) is 5.97. The molecule has 2 N–H and O–H groups in total. The molecule has 0 aliphatic carbocycles. The summed E-state index contributed by atoms with van der Waals surface area (Å²) in [5.74, 6) is 0. The number of aliphatic hydroxyl groups excluding tert-OH is 1. The number of aromatic amines is 1. The maximum Gasteiger partial charge on any atom is 0.244 e. The summed E-state index contributed by atoms with van der Waals surface area (Å²) in [6, 6.07) is 8.47. The van der Waals surface area contributed by atoms with E-state index >= 15 is 0 Å². The van der Waals surface area contributed by atoms with Gasteiger partial charge in [0.25, 0.3) is 0 Å². The lowest BCUT2D eigenvalue weighted by Crippen LogP contribution is -2.26. The molecule has 7 heteroatoms. The molecule has 0 atom stereocenters. The Morgan fingerprint density at radius 2 is 2.10 bits per heavy atom. The molecule has 2 aromatic rings. The van der Waals surface area contributed by atoms with Crippen molar-refractivity contribution in [1.82, 2.24) is 9.29 Å². The number of hydrogen-bond donors (Lipinski definition) is 2. The normalized spacial score (nSPS) is 12.0. The summed E-state index contributed by atoms with van der Waals surface area (Å²) in [5, 5.41) is 9.53. The van der Waals surface area contributed by atoms with E-state index in [2.05, 4.69) is 4.98 Å². The van der Waals surface area contributed by atoms with Crippen molar-refractivity contribution in [3.63, 3.8) is 0 Å². The second-order valence-electron chi connectivity index (χ2n) is 4.41. The number of aliphatic hydroxyl groups is 1. The molecule has 0 spiro atoms. The minimum Gasteiger partial charge on any atom is -0.390 e. The molecule has 1 aromatic heterocycles. The first-order chi connectivity index (χ1) is 9.43. The molecule has 0 aliphatic rings. The van der Waals surface area contributed by atoms with Gasteiger partial charge in [0.1, 0.15) is 0 Å². The predicted octanol–water partition coefficient (Wildman–Crippen LogP) is 1.98. The summed E-state index contributed by atoms with van der Waals surface area (Å²) in [4.78, 5) is 2.84. The predicted molar refractivity (Wildman–Crippen MR) is 76.8 cm³/mol. The Morgan fingerprint density at radius 3 is 2.70 bits per heavy atom. The molecule has 5 nitrogen and oxygen atoms in total. The van der Waals surface area contributed by atoms with E-state index in [-0.39, 0.29) is 18.0 Å². The van der Waals surface area contributed by atoms with Crippen LogP contribution in [0.5, 0.6) is 0 Å². The van der Waals surface area contributed by atoms with Crippen molar-refractivity contribution in [3.8, 4) is 0 Å². The highest BCUT2D eigenvalue weighted by molar-refractivity contribution is 7.89. The van der Waals surface area contributed by atoms with Crippen LogP contribution in [0, 0.1) is 0 Å². The zero-order valence-corrected chi connectivity index (χ0v) is 12.4. The minimum atomic E-state index is -3.59. The van der Waals surface area contributed by atoms with E-state index in [9.17, 15) is 8.42 Å². The number of nitrogens with one attached hydrogen (secondary N) is 1. The van der Waals surface area contributed by atoms with E-state index in [4.69, 9.17) is 16.7 Å². The van der Waals surface area contributed by atoms with Crippen LogP contribution >= 0.6 is 11.6 Å². The first-order valence-electron chi connectivity index (χ1n) is 5.92. The summed E-state index contributed by atoms with van der Waals surface area (Å²) < 4.78 is 25.9. The van der Waals surface area contributed by atoms with Crippen LogP contribution in [-0.4, -0.2) is 29.9 Å². The molecule has 0 saturated carbocycles. The Hall–Kier alpha value is -1.34. The molecule has 1 heterocycles. The molecule has 1 aromatic carbocycles. The molecule has 2 rings (SSSR count). The van der Waals surface area contributed by atoms with E-state index < -0.39 is 10.0 Å². The van der Waals surface area contributed by atoms with Crippen LogP contribution in [0.4, 0.5) is 0 Å². The second-order valence-corrected chi connectivity index (χ2v) is 6.89. The van der Waals surface area contributed by atoms with Crippen LogP contribution in [0.3, 0.4) is 0 Å². The molecule has 108 valence electrons. The van der Waals surface area contributed by atoms with Gasteiger partial charge in [0.2, 0.25) is 10.0 Å². The summed E-state index contributed by atoms with van der Waals surface area (Å²) in [7, 11) is -2.09. The van der Waals surface area contributed by atoms with Gasteiger partial charge in [0.15, 0.2) is 0 Å². The molecule has 0 radical (unpaired) electrons. The smallest absolute Gasteiger partial charge is 0.244 e. The Kier molecular flexibility index (Phi) is 4.49. The molecular weight excluding hydrogens is 300 g/mol. The number of halogens is 1. The molecule has 0 unspecified atom stereocenters. The summed E-state index contributed by atoms with van der Waals surface area (Å²) >= 11 is 5.88. The zero-order valence-electron chi connectivity index (χ0n) is 10.9. The fourth-order valence-electron chi connectivity index (χ4n) is 1.82. The van der Waals surface area contributed by atoms with Gasteiger partial charge in [-0.3, -0.25) is 0 Å². The standard InChI is InChI=1S/C13H15ClN2O3S/c1-16(8-10-3-2-4-11(14)5-10)20(18,19)13-6-12(9-17)15-7-13/h2-7,15,17H,8-9H2,1H3. The highest BCUT2D eigenvalue weighted by Crippen LogP contribution is 2.19. The minimum absolute atomic E-state index is 0.131. The maximum atomic E-state index is 12.3. The van der Waals surface area contributed by atoms with Crippen molar-refractivity contribution in [3.05, 3.63) is 52.8 Å². The zero-order chi connectivity index (χ0) is 14.8. The van der Waals surface area contributed by atoms with Gasteiger partial charge in [-0.05, 0) is 23.8 Å².